The van der Waals surface area contributed by atoms with E-state index in [0.29, 0.717) is 0 Å². The maximum Gasteiger partial charge on any atom is 0.540 e. The lowest BCUT2D eigenvalue weighted by Gasteiger charge is -2.30. The normalized spacial score (nSPS) is 17.0. The summed E-state index contributed by atoms with van der Waals surface area (Å²) in [5.41, 5.74) is -0.0760. The first kappa shape index (κ1) is 18.7. The molecular formula is C16H11F4IN2O3. The van der Waals surface area contributed by atoms with E-state index in [1.807, 2.05) is 24.3 Å². The van der Waals surface area contributed by atoms with E-state index in [2.05, 4.69) is 42.7 Å². The van der Waals surface area contributed by atoms with E-state index in [0.717, 1.165) is 21.3 Å². The molecule has 3 rings (SSSR count). The van der Waals surface area contributed by atoms with Gasteiger partial charge in [-0.15, -0.1) is 8.78 Å². The first-order valence-electron chi connectivity index (χ1n) is 7.23. The van der Waals surface area contributed by atoms with Gasteiger partial charge in [0.15, 0.2) is 0 Å². The molecule has 2 aromatic carbocycles. The molecule has 0 radical (unpaired) electrons. The summed E-state index contributed by atoms with van der Waals surface area (Å²) in [5, 5.41) is 4.92. The largest absolute Gasteiger partial charge is 0.540 e. The van der Waals surface area contributed by atoms with E-state index < -0.39 is 29.7 Å². The second-order valence-corrected chi connectivity index (χ2v) is 6.58. The van der Waals surface area contributed by atoms with Crippen molar-refractivity contribution in [3.05, 3.63) is 57.2 Å². The number of urea groups is 1. The zero-order valence-electron chi connectivity index (χ0n) is 12.9. The van der Waals surface area contributed by atoms with Gasteiger partial charge in [0.2, 0.25) is 0 Å². The van der Waals surface area contributed by atoms with Crippen LogP contribution in [-0.2, 0) is 17.4 Å². The van der Waals surface area contributed by atoms with Gasteiger partial charge in [-0.1, -0.05) is 12.1 Å². The summed E-state index contributed by atoms with van der Waals surface area (Å²) in [4.78, 5) is 11.9. The first-order chi connectivity index (χ1) is 12.1. The first-order valence-corrected chi connectivity index (χ1v) is 8.31. The van der Waals surface area contributed by atoms with Crippen molar-refractivity contribution in [2.75, 3.05) is 5.32 Å². The quantitative estimate of drug-likeness (QED) is 0.496. The summed E-state index contributed by atoms with van der Waals surface area (Å²) < 4.78 is 61.8. The highest BCUT2D eigenvalue weighted by molar-refractivity contribution is 14.1. The molecule has 1 aliphatic heterocycles. The Morgan fingerprint density at radius 3 is 2.62 bits per heavy atom. The van der Waals surface area contributed by atoms with Crippen LogP contribution in [0.5, 0.6) is 5.75 Å². The average molecular weight is 482 g/mol. The zero-order chi connectivity index (χ0) is 18.9. The maximum atomic E-state index is 13.7. The minimum atomic E-state index is -4.43. The molecule has 0 saturated carbocycles. The van der Waals surface area contributed by atoms with Crippen molar-refractivity contribution >= 4 is 34.3 Å². The molecule has 5 nitrogen and oxygen atoms in total. The molecule has 10 heteroatoms. The Morgan fingerprint density at radius 2 is 1.88 bits per heavy atom. The fourth-order valence-electron chi connectivity index (χ4n) is 2.28. The summed E-state index contributed by atoms with van der Waals surface area (Å²) in [5.74, 6) is -0.726. The Kier molecular flexibility index (Phi) is 4.97. The third-order valence-electron chi connectivity index (χ3n) is 3.37. The molecule has 2 amide bonds. The number of carbonyl (C=O) groups excluding carboxylic acids is 1. The van der Waals surface area contributed by atoms with Gasteiger partial charge >= 0.3 is 18.4 Å². The van der Waals surface area contributed by atoms with Crippen LogP contribution in [0.25, 0.3) is 0 Å². The van der Waals surface area contributed by atoms with Crippen LogP contribution in [0.3, 0.4) is 0 Å². The van der Waals surface area contributed by atoms with E-state index in [1.165, 1.54) is 6.07 Å². The Bertz CT molecular complexity index is 848. The zero-order valence-corrected chi connectivity index (χ0v) is 15.0. The Labute approximate surface area is 158 Å². The second kappa shape index (κ2) is 6.91. The smallest absolute Gasteiger partial charge is 0.409 e. The summed E-state index contributed by atoms with van der Waals surface area (Å²) >= 11 is 2.13. The van der Waals surface area contributed by atoms with Gasteiger partial charge in [0.25, 0.3) is 0 Å². The Balaban J connectivity index is 1.68. The standard InChI is InChI=1S/C16H11F4IN2O3/c17-15(18)12-7-11(4-5-13(12)25-16(19,20)26-15)23-14(24)22-8-9-2-1-3-10(21)6-9/h1-7H,8H2,(H2,22,23,24). The van der Waals surface area contributed by atoms with E-state index >= 15 is 0 Å². The number of rotatable bonds is 3. The van der Waals surface area contributed by atoms with Crippen LogP contribution >= 0.6 is 22.6 Å². The SMILES string of the molecule is O=C(NCc1cccc(I)c1)Nc1ccc2c(c1)C(F)(F)OC(F)(F)O2. The highest BCUT2D eigenvalue weighted by Crippen LogP contribution is 2.46. The fourth-order valence-corrected chi connectivity index (χ4v) is 2.89. The highest BCUT2D eigenvalue weighted by Gasteiger charge is 2.54. The van der Waals surface area contributed by atoms with Crippen molar-refractivity contribution in [3.8, 4) is 5.75 Å². The van der Waals surface area contributed by atoms with Crippen LogP contribution in [-0.4, -0.2) is 12.3 Å². The van der Waals surface area contributed by atoms with Crippen molar-refractivity contribution in [2.45, 2.75) is 18.9 Å². The van der Waals surface area contributed by atoms with Gasteiger partial charge in [-0.05, 0) is 58.5 Å². The number of fused-ring (bicyclic) bond motifs is 1. The van der Waals surface area contributed by atoms with Gasteiger partial charge in [-0.2, -0.15) is 8.78 Å². The molecule has 0 saturated heterocycles. The van der Waals surface area contributed by atoms with Gasteiger partial charge in [0.1, 0.15) is 5.75 Å². The van der Waals surface area contributed by atoms with Crippen LogP contribution in [0, 0.1) is 3.57 Å². The lowest BCUT2D eigenvalue weighted by atomic mass is 10.1. The number of carbonyl (C=O) groups is 1. The average Bonchev–Trinajstić information content (AvgIpc) is 2.52. The number of halogens is 5. The Hall–Kier alpha value is -2.08. The van der Waals surface area contributed by atoms with Gasteiger partial charge in [0.05, 0.1) is 5.56 Å². The van der Waals surface area contributed by atoms with Crippen LogP contribution in [0.2, 0.25) is 0 Å². The van der Waals surface area contributed by atoms with E-state index in [4.69, 9.17) is 0 Å². The van der Waals surface area contributed by atoms with Crippen LogP contribution in [0.1, 0.15) is 11.1 Å². The minimum absolute atomic E-state index is 0.0269. The monoisotopic (exact) mass is 482 g/mol. The summed E-state index contributed by atoms with van der Waals surface area (Å²) in [6.45, 7) is 0.224. The maximum absolute atomic E-state index is 13.7. The van der Waals surface area contributed by atoms with Gasteiger partial charge < -0.3 is 15.4 Å². The number of nitrogens with one attached hydrogen (secondary N) is 2. The summed E-state index contributed by atoms with van der Waals surface area (Å²) in [6.07, 6.45) is -8.69. The van der Waals surface area contributed by atoms with Crippen molar-refractivity contribution in [1.82, 2.24) is 5.32 Å². The lowest BCUT2D eigenvalue weighted by Crippen LogP contribution is -2.41. The molecule has 0 unspecified atom stereocenters. The van der Waals surface area contributed by atoms with Crippen molar-refractivity contribution in [1.29, 1.82) is 0 Å². The van der Waals surface area contributed by atoms with E-state index in [9.17, 15) is 22.4 Å². The van der Waals surface area contributed by atoms with Crippen LogP contribution in [0.15, 0.2) is 42.5 Å². The summed E-state index contributed by atoms with van der Waals surface area (Å²) in [6, 6.07) is 9.66. The lowest BCUT2D eigenvalue weighted by molar-refractivity contribution is -0.461. The predicted octanol–water partition coefficient (Wildman–Crippen LogP) is 4.62. The fraction of sp³-hybridized carbons (Fsp3) is 0.188. The van der Waals surface area contributed by atoms with E-state index in [1.54, 1.807) is 0 Å². The number of hydrogen-bond acceptors (Lipinski definition) is 3. The predicted molar refractivity (Wildman–Crippen MR) is 92.0 cm³/mol. The molecular weight excluding hydrogens is 471 g/mol. The van der Waals surface area contributed by atoms with Gasteiger partial charge in [0, 0.05) is 15.8 Å². The third-order valence-corrected chi connectivity index (χ3v) is 4.04. The minimum Gasteiger partial charge on any atom is -0.409 e. The number of hydrogen-bond donors (Lipinski definition) is 2. The second-order valence-electron chi connectivity index (χ2n) is 5.33. The number of amides is 2. The summed E-state index contributed by atoms with van der Waals surface area (Å²) in [7, 11) is 0. The molecule has 0 aromatic heterocycles. The van der Waals surface area contributed by atoms with Gasteiger partial charge in [-0.3, -0.25) is 0 Å². The molecule has 1 heterocycles. The molecule has 0 aliphatic carbocycles. The molecule has 138 valence electrons. The molecule has 0 spiro atoms. The molecule has 26 heavy (non-hydrogen) atoms. The number of ether oxygens (including phenoxy) is 2. The van der Waals surface area contributed by atoms with Crippen molar-refractivity contribution < 1.29 is 31.8 Å². The highest BCUT2D eigenvalue weighted by atomic mass is 127. The van der Waals surface area contributed by atoms with Gasteiger partial charge in [-0.25, -0.2) is 9.53 Å². The molecule has 2 aromatic rings. The molecule has 0 atom stereocenters. The third kappa shape index (κ3) is 4.36. The topological polar surface area (TPSA) is 59.6 Å². The molecule has 0 fully saturated rings. The van der Waals surface area contributed by atoms with Crippen molar-refractivity contribution in [3.63, 3.8) is 0 Å². The van der Waals surface area contributed by atoms with Crippen LogP contribution in [0.4, 0.5) is 28.0 Å². The number of benzene rings is 2. The number of alkyl halides is 4. The number of anilines is 1. The van der Waals surface area contributed by atoms with Crippen molar-refractivity contribution in [2.24, 2.45) is 0 Å². The molecule has 0 bridgehead atoms. The van der Waals surface area contributed by atoms with E-state index in [-0.39, 0.29) is 12.2 Å². The Morgan fingerprint density at radius 1 is 1.12 bits per heavy atom. The van der Waals surface area contributed by atoms with Crippen LogP contribution < -0.4 is 15.4 Å². The molecule has 1 aliphatic rings. The molecule has 2 N–H and O–H groups in total.